The predicted octanol–water partition coefficient (Wildman–Crippen LogP) is 1.87. The van der Waals surface area contributed by atoms with Gasteiger partial charge >= 0.3 is 0 Å². The third-order valence-corrected chi connectivity index (χ3v) is 3.57. The van der Waals surface area contributed by atoms with Crippen molar-refractivity contribution in [2.45, 2.75) is 6.92 Å². The van der Waals surface area contributed by atoms with Crippen LogP contribution >= 0.6 is 0 Å². The molecule has 4 aromatic rings. The topological polar surface area (TPSA) is 90.0 Å². The van der Waals surface area contributed by atoms with Crippen LogP contribution in [0.2, 0.25) is 0 Å². The van der Waals surface area contributed by atoms with E-state index in [0.717, 1.165) is 11.3 Å². The van der Waals surface area contributed by atoms with Gasteiger partial charge in [-0.2, -0.15) is 4.98 Å². The number of rotatable bonds is 3. The maximum Gasteiger partial charge on any atom is 0.258 e. The third-order valence-electron chi connectivity index (χ3n) is 3.57. The molecule has 0 unspecified atom stereocenters. The minimum Gasteiger partial charge on any atom is -0.305 e. The molecule has 0 saturated heterocycles. The lowest BCUT2D eigenvalue weighted by molar-refractivity contribution is 0.102. The van der Waals surface area contributed by atoms with Gasteiger partial charge in [0.25, 0.3) is 5.91 Å². The van der Waals surface area contributed by atoms with E-state index in [0.29, 0.717) is 11.2 Å². The molecule has 0 aliphatic carbocycles. The van der Waals surface area contributed by atoms with E-state index in [1.54, 1.807) is 41.6 Å². The summed E-state index contributed by atoms with van der Waals surface area (Å²) in [6.07, 6.45) is 10.2. The highest BCUT2D eigenvalue weighted by Crippen LogP contribution is 2.16. The van der Waals surface area contributed by atoms with E-state index in [1.165, 1.54) is 0 Å². The van der Waals surface area contributed by atoms with Crippen LogP contribution in [0, 0.1) is 6.92 Å². The fourth-order valence-electron chi connectivity index (χ4n) is 2.41. The molecule has 0 spiro atoms. The number of hydrogen-bond acceptors (Lipinski definition) is 5. The van der Waals surface area contributed by atoms with Crippen molar-refractivity contribution in [2.75, 3.05) is 5.32 Å². The number of hydrogen-bond donors (Lipinski definition) is 1. The Morgan fingerprint density at radius 1 is 1.17 bits per heavy atom. The van der Waals surface area contributed by atoms with Gasteiger partial charge in [-0.25, -0.2) is 9.50 Å². The molecule has 118 valence electrons. The number of anilines is 1. The number of amides is 1. The van der Waals surface area contributed by atoms with E-state index in [9.17, 15) is 4.79 Å². The molecule has 1 N–H and O–H groups in total. The molecule has 0 aliphatic heterocycles. The van der Waals surface area contributed by atoms with Crippen molar-refractivity contribution in [3.8, 4) is 5.69 Å². The van der Waals surface area contributed by atoms with Crippen molar-refractivity contribution in [3.05, 3.63) is 66.6 Å². The van der Waals surface area contributed by atoms with Crippen molar-refractivity contribution in [2.24, 2.45) is 0 Å². The Hall–Kier alpha value is -3.55. The second-order valence-electron chi connectivity index (χ2n) is 5.24. The highest BCUT2D eigenvalue weighted by Gasteiger charge is 2.12. The zero-order valence-corrected chi connectivity index (χ0v) is 12.8. The summed E-state index contributed by atoms with van der Waals surface area (Å²) in [4.78, 5) is 24.5. The Morgan fingerprint density at radius 2 is 2.00 bits per heavy atom. The summed E-state index contributed by atoms with van der Waals surface area (Å²) in [5, 5.41) is 7.03. The molecule has 0 radical (unpaired) electrons. The molecule has 0 aromatic carbocycles. The quantitative estimate of drug-likeness (QED) is 0.622. The van der Waals surface area contributed by atoms with Gasteiger partial charge in [0, 0.05) is 30.4 Å². The van der Waals surface area contributed by atoms with Gasteiger partial charge < -0.3 is 4.57 Å². The third kappa shape index (κ3) is 2.50. The first-order chi connectivity index (χ1) is 11.7. The van der Waals surface area contributed by atoms with E-state index in [4.69, 9.17) is 0 Å². The van der Waals surface area contributed by atoms with Crippen molar-refractivity contribution in [1.82, 2.24) is 29.1 Å². The summed E-state index contributed by atoms with van der Waals surface area (Å²) in [7, 11) is 0. The van der Waals surface area contributed by atoms with Crippen LogP contribution in [-0.2, 0) is 0 Å². The molecule has 0 saturated carbocycles. The molecule has 1 amide bonds. The lowest BCUT2D eigenvalue weighted by atomic mass is 10.2. The lowest BCUT2D eigenvalue weighted by Crippen LogP contribution is -2.13. The zero-order valence-electron chi connectivity index (χ0n) is 12.8. The maximum absolute atomic E-state index is 12.2. The van der Waals surface area contributed by atoms with Gasteiger partial charge in [0.05, 0.1) is 18.2 Å². The average Bonchev–Trinajstić information content (AvgIpc) is 3.25. The second kappa shape index (κ2) is 5.58. The summed E-state index contributed by atoms with van der Waals surface area (Å²) in [5.41, 5.74) is 3.04. The van der Waals surface area contributed by atoms with Crippen LogP contribution in [0.4, 0.5) is 5.95 Å². The number of aryl methyl sites for hydroxylation is 1. The van der Waals surface area contributed by atoms with Crippen LogP contribution in [0.3, 0.4) is 0 Å². The summed E-state index contributed by atoms with van der Waals surface area (Å²) in [5.74, 6) is -0.0246. The molecule has 4 rings (SSSR count). The molecule has 4 heterocycles. The number of imidazole rings is 1. The minimum absolute atomic E-state index is 0.252. The van der Waals surface area contributed by atoms with Gasteiger partial charge in [0.15, 0.2) is 5.65 Å². The van der Waals surface area contributed by atoms with E-state index >= 15 is 0 Å². The van der Waals surface area contributed by atoms with Crippen molar-refractivity contribution in [1.29, 1.82) is 0 Å². The van der Waals surface area contributed by atoms with Crippen LogP contribution < -0.4 is 5.32 Å². The van der Waals surface area contributed by atoms with Crippen molar-refractivity contribution < 1.29 is 4.79 Å². The molecule has 0 aliphatic rings. The van der Waals surface area contributed by atoms with Crippen molar-refractivity contribution >= 4 is 17.5 Å². The summed E-state index contributed by atoms with van der Waals surface area (Å²) in [6.45, 7) is 1.94. The number of nitrogens with one attached hydrogen (secondary N) is 1. The van der Waals surface area contributed by atoms with Crippen LogP contribution in [0.25, 0.3) is 11.3 Å². The van der Waals surface area contributed by atoms with Gasteiger partial charge in [-0.3, -0.25) is 15.1 Å². The molecule has 0 fully saturated rings. The first-order valence-corrected chi connectivity index (χ1v) is 7.27. The largest absolute Gasteiger partial charge is 0.305 e. The highest BCUT2D eigenvalue weighted by molar-refractivity contribution is 6.03. The first-order valence-electron chi connectivity index (χ1n) is 7.27. The van der Waals surface area contributed by atoms with Crippen molar-refractivity contribution in [3.63, 3.8) is 0 Å². The fraction of sp³-hybridized carbons (Fsp3) is 0.0625. The number of pyridine rings is 2. The van der Waals surface area contributed by atoms with E-state index in [2.05, 4.69) is 25.4 Å². The van der Waals surface area contributed by atoms with Gasteiger partial charge in [-0.05, 0) is 30.7 Å². The van der Waals surface area contributed by atoms with E-state index in [-0.39, 0.29) is 11.9 Å². The van der Waals surface area contributed by atoms with Crippen LogP contribution in [0.15, 0.2) is 55.5 Å². The molecule has 4 aromatic heterocycles. The molecular formula is C16H13N7O. The standard InChI is InChI=1S/C16H13N7O/c1-11-8-13(22-7-6-18-10-22)9-23-14(11)19-16(21-23)20-15(24)12-2-4-17-5-3-12/h2-10H,1H3,(H,20,21,24). The molecule has 8 nitrogen and oxygen atoms in total. The van der Waals surface area contributed by atoms with Crippen LogP contribution in [0.5, 0.6) is 0 Å². The first kappa shape index (κ1) is 14.1. The monoisotopic (exact) mass is 319 g/mol. The smallest absolute Gasteiger partial charge is 0.258 e. The average molecular weight is 319 g/mol. The molecule has 0 atom stereocenters. The molecule has 24 heavy (non-hydrogen) atoms. The number of carbonyl (C=O) groups is 1. The van der Waals surface area contributed by atoms with Crippen LogP contribution in [-0.4, -0.2) is 35.0 Å². The summed E-state index contributed by atoms with van der Waals surface area (Å²) in [6, 6.07) is 5.25. The Kier molecular flexibility index (Phi) is 3.27. The molecule has 0 bridgehead atoms. The zero-order chi connectivity index (χ0) is 16.5. The minimum atomic E-state index is -0.277. The van der Waals surface area contributed by atoms with Gasteiger partial charge in [0.2, 0.25) is 5.95 Å². The molecular weight excluding hydrogens is 306 g/mol. The Morgan fingerprint density at radius 3 is 2.75 bits per heavy atom. The van der Waals surface area contributed by atoms with Crippen LogP contribution in [0.1, 0.15) is 15.9 Å². The Bertz CT molecular complexity index is 1010. The number of aromatic nitrogens is 6. The molecule has 8 heteroatoms. The normalized spacial score (nSPS) is 10.9. The predicted molar refractivity (Wildman–Crippen MR) is 87.0 cm³/mol. The van der Waals surface area contributed by atoms with Gasteiger partial charge in [0.1, 0.15) is 0 Å². The highest BCUT2D eigenvalue weighted by atomic mass is 16.1. The number of nitrogens with zero attached hydrogens (tertiary/aromatic N) is 6. The maximum atomic E-state index is 12.2. The lowest BCUT2D eigenvalue weighted by Gasteiger charge is -2.04. The van der Waals surface area contributed by atoms with E-state index in [1.807, 2.05) is 30.0 Å². The van der Waals surface area contributed by atoms with Gasteiger partial charge in [-0.1, -0.05) is 0 Å². The number of fused-ring (bicyclic) bond motifs is 1. The van der Waals surface area contributed by atoms with E-state index < -0.39 is 0 Å². The second-order valence-corrected chi connectivity index (χ2v) is 5.24. The van der Waals surface area contributed by atoms with Gasteiger partial charge in [-0.15, -0.1) is 5.10 Å². The summed E-state index contributed by atoms with van der Waals surface area (Å²) >= 11 is 0. The Labute approximate surface area is 136 Å². The Balaban J connectivity index is 1.68. The number of carbonyl (C=O) groups excluding carboxylic acids is 1. The SMILES string of the molecule is Cc1cc(-n2ccnc2)cn2nc(NC(=O)c3ccncc3)nc12. The fourth-order valence-corrected chi connectivity index (χ4v) is 2.41. The summed E-state index contributed by atoms with van der Waals surface area (Å²) < 4.78 is 3.52.